The van der Waals surface area contributed by atoms with Gasteiger partial charge in [0.1, 0.15) is 17.7 Å². The Hall–Kier alpha value is -4.07. The summed E-state index contributed by atoms with van der Waals surface area (Å²) >= 11 is 0. The van der Waals surface area contributed by atoms with E-state index in [2.05, 4.69) is 15.8 Å². The molecule has 0 unspecified atom stereocenters. The Morgan fingerprint density at radius 2 is 1.73 bits per heavy atom. The van der Waals surface area contributed by atoms with Crippen molar-refractivity contribution in [3.05, 3.63) is 102 Å². The van der Waals surface area contributed by atoms with Crippen LogP contribution in [0.15, 0.2) is 84.0 Å². The molecule has 33 heavy (non-hydrogen) atoms. The maximum atomic E-state index is 13.5. The van der Waals surface area contributed by atoms with Crippen molar-refractivity contribution in [2.24, 2.45) is 5.16 Å². The number of amides is 2. The van der Waals surface area contributed by atoms with Gasteiger partial charge >= 0.3 is 0 Å². The van der Waals surface area contributed by atoms with Crippen molar-refractivity contribution in [3.8, 4) is 0 Å². The summed E-state index contributed by atoms with van der Waals surface area (Å²) in [6.07, 6.45) is -0.559. The highest BCUT2D eigenvalue weighted by molar-refractivity contribution is 6.05. The van der Waals surface area contributed by atoms with E-state index in [1.165, 1.54) is 36.4 Å². The predicted molar refractivity (Wildman–Crippen MR) is 120 cm³/mol. The van der Waals surface area contributed by atoms with Gasteiger partial charge in [-0.05, 0) is 42.0 Å². The Morgan fingerprint density at radius 3 is 2.45 bits per heavy atom. The van der Waals surface area contributed by atoms with Gasteiger partial charge in [0, 0.05) is 24.1 Å². The zero-order valence-corrected chi connectivity index (χ0v) is 17.5. The van der Waals surface area contributed by atoms with Gasteiger partial charge in [-0.25, -0.2) is 8.78 Å². The number of carbonyl (C=O) groups is 2. The number of rotatable bonds is 7. The lowest BCUT2D eigenvalue weighted by Gasteiger charge is -2.20. The highest BCUT2D eigenvalue weighted by Crippen LogP contribution is 2.18. The van der Waals surface area contributed by atoms with Crippen LogP contribution in [0.4, 0.5) is 14.5 Å². The Balaban J connectivity index is 1.44. The van der Waals surface area contributed by atoms with Crippen molar-refractivity contribution < 1.29 is 23.2 Å². The van der Waals surface area contributed by atoms with Crippen LogP contribution in [-0.4, -0.2) is 29.7 Å². The highest BCUT2D eigenvalue weighted by atomic mass is 19.1. The summed E-state index contributed by atoms with van der Waals surface area (Å²) < 4.78 is 26.7. The van der Waals surface area contributed by atoms with Crippen molar-refractivity contribution in [1.29, 1.82) is 0 Å². The molecule has 0 bridgehead atoms. The Kier molecular flexibility index (Phi) is 6.73. The second kappa shape index (κ2) is 10.0. The molecule has 0 aliphatic carbocycles. The van der Waals surface area contributed by atoms with Gasteiger partial charge in [0.25, 0.3) is 5.91 Å². The molecule has 2 amide bonds. The van der Waals surface area contributed by atoms with Gasteiger partial charge in [-0.2, -0.15) is 0 Å². The van der Waals surface area contributed by atoms with Gasteiger partial charge in [-0.3, -0.25) is 9.59 Å². The van der Waals surface area contributed by atoms with Gasteiger partial charge in [0.15, 0.2) is 0 Å². The molecular formula is C25H21F2N3O3. The number of oxime groups is 1. The van der Waals surface area contributed by atoms with E-state index in [1.54, 1.807) is 12.1 Å². The second-order valence-corrected chi connectivity index (χ2v) is 7.59. The van der Waals surface area contributed by atoms with Crippen molar-refractivity contribution in [2.45, 2.75) is 25.0 Å². The molecule has 168 valence electrons. The lowest BCUT2D eigenvalue weighted by molar-refractivity contribution is -0.134. The predicted octanol–water partition coefficient (Wildman–Crippen LogP) is 3.82. The van der Waals surface area contributed by atoms with E-state index >= 15 is 0 Å². The first kappa shape index (κ1) is 22.1. The number of benzene rings is 3. The topological polar surface area (TPSA) is 79.8 Å². The largest absolute Gasteiger partial charge is 0.382 e. The summed E-state index contributed by atoms with van der Waals surface area (Å²) in [5.41, 5.74) is 2.23. The fraction of sp³-hybridized carbons (Fsp3) is 0.160. The lowest BCUT2D eigenvalue weighted by atomic mass is 10.0. The fourth-order valence-corrected chi connectivity index (χ4v) is 3.44. The van der Waals surface area contributed by atoms with Crippen molar-refractivity contribution in [1.82, 2.24) is 5.32 Å². The summed E-state index contributed by atoms with van der Waals surface area (Å²) in [6, 6.07) is 19.5. The van der Waals surface area contributed by atoms with Gasteiger partial charge in [0.2, 0.25) is 12.0 Å². The highest BCUT2D eigenvalue weighted by Gasteiger charge is 2.32. The standard InChI is InChI=1S/C25H21F2N3O3/c26-18-9-11-20(12-10-18)28-24(31)22(13-16-5-2-1-3-6-16)29-25(32)23-15-21(30-33-23)17-7-4-8-19(27)14-17/h1-12,14,22-23H,13,15H2,(H,28,31)(H,29,32)/t22-,23+/m0/s1. The molecule has 1 aliphatic rings. The van der Waals surface area contributed by atoms with Gasteiger partial charge in [0.05, 0.1) is 5.71 Å². The number of nitrogens with one attached hydrogen (secondary N) is 2. The second-order valence-electron chi connectivity index (χ2n) is 7.59. The number of hydrogen-bond donors (Lipinski definition) is 2. The maximum Gasteiger partial charge on any atom is 0.265 e. The molecule has 3 aromatic rings. The van der Waals surface area contributed by atoms with E-state index in [9.17, 15) is 18.4 Å². The monoisotopic (exact) mass is 449 g/mol. The average Bonchev–Trinajstić information content (AvgIpc) is 3.31. The SMILES string of the molecule is O=C(Nc1ccc(F)cc1)[C@H](Cc1ccccc1)NC(=O)[C@H]1CC(c2cccc(F)c2)=NO1. The number of carbonyl (C=O) groups excluding carboxylic acids is 2. The third-order valence-corrected chi connectivity index (χ3v) is 5.15. The molecule has 0 spiro atoms. The molecule has 0 aromatic heterocycles. The van der Waals surface area contributed by atoms with Crippen LogP contribution < -0.4 is 10.6 Å². The van der Waals surface area contributed by atoms with Crippen LogP contribution >= 0.6 is 0 Å². The van der Waals surface area contributed by atoms with Crippen LogP contribution in [0.2, 0.25) is 0 Å². The molecule has 1 aliphatic heterocycles. The lowest BCUT2D eigenvalue weighted by Crippen LogP contribution is -2.48. The summed E-state index contributed by atoms with van der Waals surface area (Å²) in [7, 11) is 0. The maximum absolute atomic E-state index is 13.5. The van der Waals surface area contributed by atoms with E-state index in [0.717, 1.165) is 5.56 Å². The molecule has 0 radical (unpaired) electrons. The van der Waals surface area contributed by atoms with Gasteiger partial charge in [-0.1, -0.05) is 47.6 Å². The first-order valence-corrected chi connectivity index (χ1v) is 10.4. The third-order valence-electron chi connectivity index (χ3n) is 5.15. The van der Waals surface area contributed by atoms with E-state index in [-0.39, 0.29) is 12.8 Å². The van der Waals surface area contributed by atoms with Gasteiger partial charge < -0.3 is 15.5 Å². The Morgan fingerprint density at radius 1 is 0.970 bits per heavy atom. The van der Waals surface area contributed by atoms with Crippen molar-refractivity contribution >= 4 is 23.2 Å². The first-order chi connectivity index (χ1) is 16.0. The molecule has 0 fully saturated rings. The zero-order chi connectivity index (χ0) is 23.2. The molecule has 4 rings (SSSR count). The molecule has 3 aromatic carbocycles. The Bertz CT molecular complexity index is 1170. The van der Waals surface area contributed by atoms with E-state index < -0.39 is 35.6 Å². The summed E-state index contributed by atoms with van der Waals surface area (Å²) in [5.74, 6) is -1.80. The minimum absolute atomic E-state index is 0.146. The summed E-state index contributed by atoms with van der Waals surface area (Å²) in [6.45, 7) is 0. The minimum atomic E-state index is -0.944. The number of nitrogens with zero attached hydrogens (tertiary/aromatic N) is 1. The normalized spacial score (nSPS) is 15.8. The molecule has 2 atom stereocenters. The fourth-order valence-electron chi connectivity index (χ4n) is 3.44. The summed E-state index contributed by atoms with van der Waals surface area (Å²) in [5, 5.41) is 9.33. The molecular weight excluding hydrogens is 428 g/mol. The van der Waals surface area contributed by atoms with Crippen LogP contribution in [0.25, 0.3) is 0 Å². The number of hydrogen-bond acceptors (Lipinski definition) is 4. The molecule has 2 N–H and O–H groups in total. The Labute approximate surface area is 189 Å². The average molecular weight is 449 g/mol. The van der Waals surface area contributed by atoms with E-state index in [0.29, 0.717) is 17.0 Å². The molecule has 0 saturated carbocycles. The van der Waals surface area contributed by atoms with Crippen LogP contribution in [0.5, 0.6) is 0 Å². The van der Waals surface area contributed by atoms with Crippen molar-refractivity contribution in [3.63, 3.8) is 0 Å². The van der Waals surface area contributed by atoms with Crippen LogP contribution in [0.3, 0.4) is 0 Å². The molecule has 0 saturated heterocycles. The zero-order valence-electron chi connectivity index (χ0n) is 17.5. The molecule has 1 heterocycles. The number of anilines is 1. The quantitative estimate of drug-likeness (QED) is 0.576. The third kappa shape index (κ3) is 5.79. The molecule has 6 nitrogen and oxygen atoms in total. The summed E-state index contributed by atoms with van der Waals surface area (Å²) in [4.78, 5) is 31.1. The minimum Gasteiger partial charge on any atom is -0.382 e. The van der Waals surface area contributed by atoms with E-state index in [1.807, 2.05) is 30.3 Å². The van der Waals surface area contributed by atoms with Crippen LogP contribution in [0, 0.1) is 11.6 Å². The van der Waals surface area contributed by atoms with E-state index in [4.69, 9.17) is 4.84 Å². The first-order valence-electron chi connectivity index (χ1n) is 10.4. The van der Waals surface area contributed by atoms with Gasteiger partial charge in [-0.15, -0.1) is 0 Å². The smallest absolute Gasteiger partial charge is 0.265 e. The van der Waals surface area contributed by atoms with Crippen molar-refractivity contribution in [2.75, 3.05) is 5.32 Å². The van der Waals surface area contributed by atoms with Crippen LogP contribution in [0.1, 0.15) is 17.5 Å². The molecule has 8 heteroatoms. The number of halogens is 2. The van der Waals surface area contributed by atoms with Crippen LogP contribution in [-0.2, 0) is 20.8 Å².